The molecule has 0 amide bonds. The smallest absolute Gasteiger partial charge is 0.207 e. The van der Waals surface area contributed by atoms with Gasteiger partial charge in [-0.3, -0.25) is 10.7 Å². The Bertz CT molecular complexity index is 313. The summed E-state index contributed by atoms with van der Waals surface area (Å²) in [5.74, 6) is 0.151. The molecule has 0 atom stereocenters. The van der Waals surface area contributed by atoms with E-state index in [0.29, 0.717) is 5.56 Å². The third kappa shape index (κ3) is 1.81. The van der Waals surface area contributed by atoms with Crippen molar-refractivity contribution in [2.75, 3.05) is 0 Å². The second-order valence-corrected chi connectivity index (χ2v) is 2.04. The minimum Gasteiger partial charge on any atom is -0.290 e. The number of hydrogen-bond acceptors (Lipinski definition) is 3. The highest BCUT2D eigenvalue weighted by atomic mass is 16.5. The summed E-state index contributed by atoms with van der Waals surface area (Å²) in [6.45, 7) is 0. The maximum absolute atomic E-state index is 8.58. The summed E-state index contributed by atoms with van der Waals surface area (Å²) in [4.78, 5) is 3.37. The van der Waals surface area contributed by atoms with Crippen LogP contribution in [0.25, 0.3) is 0 Å². The highest BCUT2D eigenvalue weighted by Gasteiger charge is 1.98. The van der Waals surface area contributed by atoms with Crippen LogP contribution >= 0.6 is 0 Å². The summed E-state index contributed by atoms with van der Waals surface area (Å²) >= 11 is 0. The molecular formula is C8H7N3O. The summed E-state index contributed by atoms with van der Waals surface area (Å²) in [6, 6.07) is 8.89. The van der Waals surface area contributed by atoms with Gasteiger partial charge in [0.05, 0.1) is 0 Å². The number of hydroxylamine groups is 1. The summed E-state index contributed by atoms with van der Waals surface area (Å²) < 4.78 is 0. The van der Waals surface area contributed by atoms with Gasteiger partial charge in [-0.05, 0) is 0 Å². The average molecular weight is 161 g/mol. The highest BCUT2D eigenvalue weighted by molar-refractivity contribution is 5.98. The number of nitrogens with zero attached hydrogens (tertiary/aromatic N) is 2. The van der Waals surface area contributed by atoms with Crippen LogP contribution in [-0.2, 0) is 0 Å². The van der Waals surface area contributed by atoms with E-state index < -0.39 is 0 Å². The normalized spacial score (nSPS) is 10.5. The zero-order valence-electron chi connectivity index (χ0n) is 6.23. The fourth-order valence-electron chi connectivity index (χ4n) is 0.800. The Kier molecular flexibility index (Phi) is 2.82. The number of nitriles is 1. The van der Waals surface area contributed by atoms with Crippen molar-refractivity contribution in [2.45, 2.75) is 0 Å². The lowest BCUT2D eigenvalue weighted by Gasteiger charge is -2.00. The minimum absolute atomic E-state index is 0.151. The van der Waals surface area contributed by atoms with Gasteiger partial charge in [0, 0.05) is 5.56 Å². The van der Waals surface area contributed by atoms with Crippen LogP contribution in [0, 0.1) is 11.5 Å². The van der Waals surface area contributed by atoms with Crippen LogP contribution in [-0.4, -0.2) is 11.0 Å². The van der Waals surface area contributed by atoms with Gasteiger partial charge in [0.15, 0.2) is 5.84 Å². The van der Waals surface area contributed by atoms with Crippen LogP contribution in [0.15, 0.2) is 35.3 Å². The zero-order chi connectivity index (χ0) is 8.81. The second kappa shape index (κ2) is 4.11. The Balaban J connectivity index is 2.98. The molecule has 0 bridgehead atoms. The van der Waals surface area contributed by atoms with Gasteiger partial charge >= 0.3 is 0 Å². The van der Waals surface area contributed by atoms with Gasteiger partial charge in [-0.15, -0.1) is 0 Å². The Morgan fingerprint density at radius 2 is 2.08 bits per heavy atom. The third-order valence-electron chi connectivity index (χ3n) is 1.31. The van der Waals surface area contributed by atoms with E-state index in [4.69, 9.17) is 10.5 Å². The summed E-state index contributed by atoms with van der Waals surface area (Å²) in [6.07, 6.45) is 1.58. The van der Waals surface area contributed by atoms with E-state index in [0.717, 1.165) is 0 Å². The minimum atomic E-state index is 0.151. The molecule has 0 aliphatic rings. The molecule has 4 nitrogen and oxygen atoms in total. The predicted molar refractivity (Wildman–Crippen MR) is 43.5 cm³/mol. The second-order valence-electron chi connectivity index (χ2n) is 2.04. The van der Waals surface area contributed by atoms with Crippen molar-refractivity contribution in [3.05, 3.63) is 35.9 Å². The SMILES string of the molecule is N#CN=C(NO)c1ccccc1. The summed E-state index contributed by atoms with van der Waals surface area (Å²) in [7, 11) is 0. The number of benzene rings is 1. The largest absolute Gasteiger partial charge is 0.290 e. The van der Waals surface area contributed by atoms with Crippen LogP contribution in [0.3, 0.4) is 0 Å². The van der Waals surface area contributed by atoms with Gasteiger partial charge in [0.25, 0.3) is 0 Å². The van der Waals surface area contributed by atoms with E-state index in [2.05, 4.69) is 4.99 Å². The van der Waals surface area contributed by atoms with Crippen LogP contribution in [0.5, 0.6) is 0 Å². The number of nitrogens with one attached hydrogen (secondary N) is 1. The fourth-order valence-corrected chi connectivity index (χ4v) is 0.800. The maximum atomic E-state index is 8.58. The van der Waals surface area contributed by atoms with Gasteiger partial charge in [-0.25, -0.2) is 0 Å². The quantitative estimate of drug-likeness (QED) is 0.278. The first-order chi connectivity index (χ1) is 5.88. The summed E-state index contributed by atoms with van der Waals surface area (Å²) in [5, 5.41) is 16.8. The lowest BCUT2D eigenvalue weighted by molar-refractivity contribution is 0.235. The first-order valence-corrected chi connectivity index (χ1v) is 3.31. The van der Waals surface area contributed by atoms with E-state index in [9.17, 15) is 0 Å². The van der Waals surface area contributed by atoms with E-state index in [-0.39, 0.29) is 5.84 Å². The van der Waals surface area contributed by atoms with Crippen LogP contribution in [0.2, 0.25) is 0 Å². The molecule has 2 N–H and O–H groups in total. The highest BCUT2D eigenvalue weighted by Crippen LogP contribution is 1.98. The first-order valence-electron chi connectivity index (χ1n) is 3.31. The average Bonchev–Trinajstić information content (AvgIpc) is 2.15. The van der Waals surface area contributed by atoms with E-state index in [1.165, 1.54) is 0 Å². The number of amidine groups is 1. The van der Waals surface area contributed by atoms with Crippen molar-refractivity contribution in [1.29, 1.82) is 5.26 Å². The fraction of sp³-hybridized carbons (Fsp3) is 0. The molecule has 0 aliphatic heterocycles. The lowest BCUT2D eigenvalue weighted by Crippen LogP contribution is -2.19. The van der Waals surface area contributed by atoms with Crippen molar-refractivity contribution in [1.82, 2.24) is 5.48 Å². The zero-order valence-corrected chi connectivity index (χ0v) is 6.23. The van der Waals surface area contributed by atoms with Crippen LogP contribution in [0.1, 0.15) is 5.56 Å². The molecule has 0 saturated heterocycles. The van der Waals surface area contributed by atoms with Crippen molar-refractivity contribution < 1.29 is 5.21 Å². The molecule has 60 valence electrons. The molecule has 4 heteroatoms. The molecule has 0 heterocycles. The number of aliphatic imine (C=N–C) groups is 1. The van der Waals surface area contributed by atoms with Gasteiger partial charge in [0.2, 0.25) is 6.19 Å². The van der Waals surface area contributed by atoms with Crippen molar-refractivity contribution in [3.63, 3.8) is 0 Å². The molecule has 0 unspecified atom stereocenters. The molecule has 1 aromatic carbocycles. The Morgan fingerprint density at radius 3 is 2.58 bits per heavy atom. The molecule has 1 aromatic rings. The van der Waals surface area contributed by atoms with E-state index >= 15 is 0 Å². The van der Waals surface area contributed by atoms with Crippen LogP contribution in [0.4, 0.5) is 0 Å². The molecule has 0 spiro atoms. The van der Waals surface area contributed by atoms with Crippen molar-refractivity contribution in [2.24, 2.45) is 4.99 Å². The van der Waals surface area contributed by atoms with Crippen molar-refractivity contribution in [3.8, 4) is 6.19 Å². The standard InChI is InChI=1S/C8H7N3O/c9-6-10-8(11-12)7-4-2-1-3-5-7/h1-5,12H,(H,10,11). The monoisotopic (exact) mass is 161 g/mol. The molecular weight excluding hydrogens is 154 g/mol. The Hall–Kier alpha value is -1.86. The van der Waals surface area contributed by atoms with E-state index in [1.807, 2.05) is 11.5 Å². The van der Waals surface area contributed by atoms with E-state index in [1.54, 1.807) is 30.5 Å². The van der Waals surface area contributed by atoms with Gasteiger partial charge in [-0.1, -0.05) is 30.3 Å². The van der Waals surface area contributed by atoms with Crippen LogP contribution < -0.4 is 5.48 Å². The Morgan fingerprint density at radius 1 is 1.42 bits per heavy atom. The molecule has 0 aliphatic carbocycles. The Labute approximate surface area is 69.7 Å². The number of hydrogen-bond donors (Lipinski definition) is 2. The topological polar surface area (TPSA) is 68.4 Å². The first kappa shape index (κ1) is 8.24. The predicted octanol–water partition coefficient (Wildman–Crippen LogP) is 0.893. The van der Waals surface area contributed by atoms with Gasteiger partial charge < -0.3 is 0 Å². The van der Waals surface area contributed by atoms with Gasteiger partial charge in [-0.2, -0.15) is 10.3 Å². The molecule has 0 saturated carbocycles. The maximum Gasteiger partial charge on any atom is 0.207 e. The summed E-state index contributed by atoms with van der Waals surface area (Å²) in [5.41, 5.74) is 2.51. The molecule has 0 radical (unpaired) electrons. The molecule has 12 heavy (non-hydrogen) atoms. The van der Waals surface area contributed by atoms with Crippen molar-refractivity contribution >= 4 is 5.84 Å². The van der Waals surface area contributed by atoms with Gasteiger partial charge in [0.1, 0.15) is 0 Å². The molecule has 0 fully saturated rings. The third-order valence-corrected chi connectivity index (χ3v) is 1.31. The lowest BCUT2D eigenvalue weighted by atomic mass is 10.2. The number of rotatable bonds is 1. The molecule has 1 rings (SSSR count). The molecule has 0 aromatic heterocycles.